The van der Waals surface area contributed by atoms with Crippen molar-refractivity contribution >= 4 is 10.9 Å². The van der Waals surface area contributed by atoms with Crippen molar-refractivity contribution in [2.24, 2.45) is 11.1 Å². The molecule has 0 radical (unpaired) electrons. The van der Waals surface area contributed by atoms with E-state index >= 15 is 0 Å². The van der Waals surface area contributed by atoms with Gasteiger partial charge in [-0.1, -0.05) is 32.0 Å². The monoisotopic (exact) mass is 242 g/mol. The van der Waals surface area contributed by atoms with Crippen molar-refractivity contribution in [1.29, 1.82) is 0 Å². The first kappa shape index (κ1) is 13.0. The molecule has 1 aromatic carbocycles. The molecule has 0 aliphatic heterocycles. The Labute approximate surface area is 109 Å². The molecule has 0 spiro atoms. The Morgan fingerprint density at radius 3 is 2.67 bits per heavy atom. The summed E-state index contributed by atoms with van der Waals surface area (Å²) in [4.78, 5) is 4.41. The summed E-state index contributed by atoms with van der Waals surface area (Å²) in [6, 6.07) is 10.7. The number of hydrogen-bond donors (Lipinski definition) is 1. The van der Waals surface area contributed by atoms with Gasteiger partial charge in [-0.2, -0.15) is 0 Å². The van der Waals surface area contributed by atoms with Crippen molar-refractivity contribution < 1.29 is 0 Å². The van der Waals surface area contributed by atoms with Gasteiger partial charge in [0.05, 0.1) is 5.52 Å². The Balaban J connectivity index is 2.32. The van der Waals surface area contributed by atoms with Gasteiger partial charge in [0.1, 0.15) is 0 Å². The lowest BCUT2D eigenvalue weighted by atomic mass is 9.80. The molecule has 0 saturated heterocycles. The second kappa shape index (κ2) is 5.07. The molecule has 0 aliphatic rings. The highest BCUT2D eigenvalue weighted by Gasteiger charge is 2.21. The number of rotatable bonds is 4. The van der Waals surface area contributed by atoms with E-state index in [0.717, 1.165) is 18.4 Å². The summed E-state index contributed by atoms with van der Waals surface area (Å²) < 4.78 is 0. The molecular weight excluding hydrogens is 220 g/mol. The van der Waals surface area contributed by atoms with Crippen molar-refractivity contribution in [3.63, 3.8) is 0 Å². The lowest BCUT2D eigenvalue weighted by molar-refractivity contribution is 0.310. The van der Waals surface area contributed by atoms with Crippen molar-refractivity contribution in [3.8, 4) is 0 Å². The summed E-state index contributed by atoms with van der Waals surface area (Å²) in [6.45, 7) is 6.64. The normalized spacial score (nSPS) is 13.8. The van der Waals surface area contributed by atoms with Crippen LogP contribution >= 0.6 is 0 Å². The van der Waals surface area contributed by atoms with Crippen LogP contribution < -0.4 is 5.73 Å². The van der Waals surface area contributed by atoms with Crippen LogP contribution in [0.1, 0.15) is 32.8 Å². The van der Waals surface area contributed by atoms with E-state index in [1.165, 1.54) is 10.9 Å². The number of hydrogen-bond acceptors (Lipinski definition) is 2. The standard InChI is InChI=1S/C16H22N2/c1-12(17)10-16(2,3)11-13-8-9-18-15-7-5-4-6-14(13)15/h4-9,12H,10-11,17H2,1-3H3. The van der Waals surface area contributed by atoms with Gasteiger partial charge in [0.15, 0.2) is 0 Å². The smallest absolute Gasteiger partial charge is 0.0704 e. The molecule has 96 valence electrons. The molecule has 2 nitrogen and oxygen atoms in total. The fraction of sp³-hybridized carbons (Fsp3) is 0.438. The van der Waals surface area contributed by atoms with Gasteiger partial charge in [0.2, 0.25) is 0 Å². The largest absolute Gasteiger partial charge is 0.328 e. The first-order valence-electron chi connectivity index (χ1n) is 6.56. The van der Waals surface area contributed by atoms with Crippen LogP contribution in [0.2, 0.25) is 0 Å². The Kier molecular flexibility index (Phi) is 3.67. The maximum atomic E-state index is 5.93. The zero-order valence-electron chi connectivity index (χ0n) is 11.5. The molecule has 2 N–H and O–H groups in total. The number of para-hydroxylation sites is 1. The summed E-state index contributed by atoms with van der Waals surface area (Å²) in [5.74, 6) is 0. The number of benzene rings is 1. The number of nitrogens with zero attached hydrogens (tertiary/aromatic N) is 1. The molecule has 18 heavy (non-hydrogen) atoms. The minimum absolute atomic E-state index is 0.221. The molecule has 2 rings (SSSR count). The summed E-state index contributed by atoms with van der Waals surface area (Å²) in [5.41, 5.74) is 8.60. The summed E-state index contributed by atoms with van der Waals surface area (Å²) in [5, 5.41) is 1.26. The Morgan fingerprint density at radius 2 is 1.94 bits per heavy atom. The molecule has 0 saturated carbocycles. The molecule has 1 heterocycles. The van der Waals surface area contributed by atoms with Crippen LogP contribution in [0.5, 0.6) is 0 Å². The van der Waals surface area contributed by atoms with Crippen LogP contribution in [0.4, 0.5) is 0 Å². The highest BCUT2D eigenvalue weighted by molar-refractivity contribution is 5.81. The minimum atomic E-state index is 0.221. The van der Waals surface area contributed by atoms with E-state index < -0.39 is 0 Å². The fourth-order valence-electron chi connectivity index (χ4n) is 2.77. The molecule has 2 heteroatoms. The van der Waals surface area contributed by atoms with Gasteiger partial charge in [-0.3, -0.25) is 4.98 Å². The first-order valence-corrected chi connectivity index (χ1v) is 6.56. The van der Waals surface area contributed by atoms with E-state index in [1.807, 2.05) is 12.3 Å². The third kappa shape index (κ3) is 3.08. The fourth-order valence-corrected chi connectivity index (χ4v) is 2.77. The van der Waals surface area contributed by atoms with Gasteiger partial charge in [-0.25, -0.2) is 0 Å². The molecule has 0 bridgehead atoms. The van der Waals surface area contributed by atoms with Crippen LogP contribution in [-0.2, 0) is 6.42 Å². The number of pyridine rings is 1. The molecule has 1 aromatic heterocycles. The van der Waals surface area contributed by atoms with Crippen molar-refractivity contribution in [2.75, 3.05) is 0 Å². The van der Waals surface area contributed by atoms with Gasteiger partial charge < -0.3 is 5.73 Å². The Bertz CT molecular complexity index is 524. The van der Waals surface area contributed by atoms with Crippen molar-refractivity contribution in [3.05, 3.63) is 42.1 Å². The second-order valence-electron chi connectivity index (χ2n) is 6.01. The summed E-state index contributed by atoms with van der Waals surface area (Å²) >= 11 is 0. The predicted molar refractivity (Wildman–Crippen MR) is 77.5 cm³/mol. The predicted octanol–water partition coefficient (Wildman–Crippen LogP) is 3.54. The lowest BCUT2D eigenvalue weighted by Gasteiger charge is -2.27. The highest BCUT2D eigenvalue weighted by atomic mass is 14.6. The zero-order valence-corrected chi connectivity index (χ0v) is 11.5. The second-order valence-corrected chi connectivity index (χ2v) is 6.01. The number of fused-ring (bicyclic) bond motifs is 1. The first-order chi connectivity index (χ1) is 8.48. The van der Waals surface area contributed by atoms with Crippen LogP contribution in [0.15, 0.2) is 36.5 Å². The quantitative estimate of drug-likeness (QED) is 0.890. The van der Waals surface area contributed by atoms with Crippen LogP contribution in [0, 0.1) is 5.41 Å². The van der Waals surface area contributed by atoms with Crippen LogP contribution in [-0.4, -0.2) is 11.0 Å². The topological polar surface area (TPSA) is 38.9 Å². The maximum absolute atomic E-state index is 5.93. The highest BCUT2D eigenvalue weighted by Crippen LogP contribution is 2.29. The zero-order chi connectivity index (χ0) is 13.2. The molecule has 1 unspecified atom stereocenters. The van der Waals surface area contributed by atoms with E-state index in [9.17, 15) is 0 Å². The van der Waals surface area contributed by atoms with Crippen molar-refractivity contribution in [2.45, 2.75) is 39.7 Å². The van der Waals surface area contributed by atoms with Gasteiger partial charge >= 0.3 is 0 Å². The molecule has 1 atom stereocenters. The third-order valence-electron chi connectivity index (χ3n) is 3.28. The molecule has 2 aromatic rings. The number of nitrogens with two attached hydrogens (primary N) is 1. The van der Waals surface area contributed by atoms with E-state index in [-0.39, 0.29) is 11.5 Å². The Hall–Kier alpha value is -1.41. The molecule has 0 aliphatic carbocycles. The van der Waals surface area contributed by atoms with E-state index in [1.54, 1.807) is 0 Å². The van der Waals surface area contributed by atoms with Crippen LogP contribution in [0.25, 0.3) is 10.9 Å². The maximum Gasteiger partial charge on any atom is 0.0704 e. The molecule has 0 amide bonds. The summed E-state index contributed by atoms with van der Waals surface area (Å²) in [6.07, 6.45) is 3.97. The minimum Gasteiger partial charge on any atom is -0.328 e. The van der Waals surface area contributed by atoms with Gasteiger partial charge in [0, 0.05) is 17.6 Å². The van der Waals surface area contributed by atoms with Gasteiger partial charge in [-0.15, -0.1) is 0 Å². The van der Waals surface area contributed by atoms with E-state index in [0.29, 0.717) is 0 Å². The van der Waals surface area contributed by atoms with Crippen molar-refractivity contribution in [1.82, 2.24) is 4.98 Å². The molecular formula is C16H22N2. The lowest BCUT2D eigenvalue weighted by Crippen LogP contribution is -2.26. The van der Waals surface area contributed by atoms with E-state index in [2.05, 4.69) is 50.0 Å². The van der Waals surface area contributed by atoms with E-state index in [4.69, 9.17) is 5.73 Å². The molecule has 0 fully saturated rings. The number of aromatic nitrogens is 1. The third-order valence-corrected chi connectivity index (χ3v) is 3.28. The van der Waals surface area contributed by atoms with Gasteiger partial charge in [-0.05, 0) is 42.9 Å². The average Bonchev–Trinajstić information content (AvgIpc) is 2.27. The summed E-state index contributed by atoms with van der Waals surface area (Å²) in [7, 11) is 0. The average molecular weight is 242 g/mol. The Morgan fingerprint density at radius 1 is 1.22 bits per heavy atom. The SMILES string of the molecule is CC(N)CC(C)(C)Cc1ccnc2ccccc12. The van der Waals surface area contributed by atoms with Crippen LogP contribution in [0.3, 0.4) is 0 Å². The van der Waals surface area contributed by atoms with Gasteiger partial charge in [0.25, 0.3) is 0 Å².